The zero-order chi connectivity index (χ0) is 13.1. The number of nitrogens with zero attached hydrogens (tertiary/aromatic N) is 1. The number of carboxylic acids is 1. The lowest BCUT2D eigenvalue weighted by Crippen LogP contribution is -2.48. The van der Waals surface area contributed by atoms with Crippen LogP contribution in [0.15, 0.2) is 0 Å². The lowest BCUT2D eigenvalue weighted by molar-refractivity contribution is -0.314. The maximum absolute atomic E-state index is 12.4. The van der Waals surface area contributed by atoms with Crippen molar-refractivity contribution in [1.82, 2.24) is 4.90 Å². The zero-order valence-corrected chi connectivity index (χ0v) is 11.1. The van der Waals surface area contributed by atoms with Crippen LogP contribution in [0, 0.1) is 17.8 Å². The van der Waals surface area contributed by atoms with Gasteiger partial charge in [0.05, 0.1) is 0 Å². The first kappa shape index (κ1) is 13.4. The summed E-state index contributed by atoms with van der Waals surface area (Å²) in [6.07, 6.45) is 5.25. The molecule has 0 spiro atoms. The molecule has 1 aliphatic carbocycles. The summed E-state index contributed by atoms with van der Waals surface area (Å²) >= 11 is 0. The van der Waals surface area contributed by atoms with Crippen LogP contribution in [0.2, 0.25) is 0 Å². The Labute approximate surface area is 108 Å². The zero-order valence-electron chi connectivity index (χ0n) is 11.1. The van der Waals surface area contributed by atoms with Gasteiger partial charge in [-0.25, -0.2) is 0 Å². The van der Waals surface area contributed by atoms with E-state index in [4.69, 9.17) is 0 Å². The number of amides is 1. The van der Waals surface area contributed by atoms with Crippen LogP contribution in [0.1, 0.15) is 45.4 Å². The fraction of sp³-hybridized carbons (Fsp3) is 0.857. The van der Waals surface area contributed by atoms with E-state index in [2.05, 4.69) is 6.92 Å². The van der Waals surface area contributed by atoms with E-state index >= 15 is 0 Å². The molecular weight excluding hydrogens is 230 g/mol. The standard InChI is InChI=1S/C14H23NO3/c1-10-6-8-15(9-7-10)13(16)11-4-2-3-5-12(11)14(17)18/h10-12H,2-9H2,1H3,(H,17,18)/p-1/t11-,12-/m0/s1. The van der Waals surface area contributed by atoms with E-state index in [9.17, 15) is 14.7 Å². The van der Waals surface area contributed by atoms with Gasteiger partial charge < -0.3 is 14.8 Å². The third kappa shape index (κ3) is 2.85. The first-order chi connectivity index (χ1) is 8.59. The first-order valence-corrected chi connectivity index (χ1v) is 7.09. The van der Waals surface area contributed by atoms with E-state index in [1.54, 1.807) is 0 Å². The second-order valence-corrected chi connectivity index (χ2v) is 5.82. The molecule has 1 heterocycles. The van der Waals surface area contributed by atoms with Gasteiger partial charge in [0.2, 0.25) is 5.91 Å². The maximum Gasteiger partial charge on any atom is 0.226 e. The number of aliphatic carboxylic acids is 1. The molecule has 0 N–H and O–H groups in total. The number of hydrogen-bond donors (Lipinski definition) is 0. The maximum atomic E-state index is 12.4. The number of carboxylic acid groups (broad SMARTS) is 1. The second kappa shape index (κ2) is 5.72. The monoisotopic (exact) mass is 252 g/mol. The van der Waals surface area contributed by atoms with Gasteiger partial charge in [0.1, 0.15) is 0 Å². The fourth-order valence-corrected chi connectivity index (χ4v) is 3.17. The van der Waals surface area contributed by atoms with Crippen molar-refractivity contribution < 1.29 is 14.7 Å². The molecule has 0 aromatic heterocycles. The molecule has 1 amide bonds. The smallest absolute Gasteiger partial charge is 0.226 e. The molecule has 4 nitrogen and oxygen atoms in total. The van der Waals surface area contributed by atoms with Gasteiger partial charge in [-0.05, 0) is 31.6 Å². The van der Waals surface area contributed by atoms with Crippen molar-refractivity contribution in [2.75, 3.05) is 13.1 Å². The van der Waals surface area contributed by atoms with E-state index in [1.807, 2.05) is 4.90 Å². The number of hydrogen-bond acceptors (Lipinski definition) is 3. The summed E-state index contributed by atoms with van der Waals surface area (Å²) in [4.78, 5) is 25.4. The lowest BCUT2D eigenvalue weighted by Gasteiger charge is -2.37. The van der Waals surface area contributed by atoms with Gasteiger partial charge in [-0.15, -0.1) is 0 Å². The summed E-state index contributed by atoms with van der Waals surface area (Å²) in [5.74, 6) is -1.21. The minimum atomic E-state index is -1.04. The molecule has 1 aliphatic heterocycles. The Bertz CT molecular complexity index is 321. The van der Waals surface area contributed by atoms with Gasteiger partial charge >= 0.3 is 0 Å². The molecule has 0 aromatic rings. The van der Waals surface area contributed by atoms with Crippen molar-refractivity contribution in [1.29, 1.82) is 0 Å². The summed E-state index contributed by atoms with van der Waals surface area (Å²) in [6.45, 7) is 3.78. The molecule has 1 saturated carbocycles. The summed E-state index contributed by atoms with van der Waals surface area (Å²) in [7, 11) is 0. The average molecular weight is 252 g/mol. The van der Waals surface area contributed by atoms with Crippen LogP contribution < -0.4 is 5.11 Å². The minimum absolute atomic E-state index is 0.0517. The van der Waals surface area contributed by atoms with E-state index in [0.717, 1.165) is 38.8 Å². The Balaban J connectivity index is 2.00. The Morgan fingerprint density at radius 3 is 2.11 bits per heavy atom. The normalized spacial score (nSPS) is 30.2. The minimum Gasteiger partial charge on any atom is -0.550 e. The molecule has 102 valence electrons. The quantitative estimate of drug-likeness (QED) is 0.730. The van der Waals surface area contributed by atoms with Crippen LogP contribution in [0.5, 0.6) is 0 Å². The molecule has 2 aliphatic rings. The molecule has 0 radical (unpaired) electrons. The Morgan fingerprint density at radius 2 is 1.56 bits per heavy atom. The molecule has 4 heteroatoms. The Kier molecular flexibility index (Phi) is 4.25. The summed E-state index contributed by atoms with van der Waals surface area (Å²) in [6, 6.07) is 0. The van der Waals surface area contributed by atoms with Crippen LogP contribution in [0.4, 0.5) is 0 Å². The van der Waals surface area contributed by atoms with E-state index in [0.29, 0.717) is 18.8 Å². The second-order valence-electron chi connectivity index (χ2n) is 5.82. The van der Waals surface area contributed by atoms with Crippen LogP contribution >= 0.6 is 0 Å². The third-order valence-electron chi connectivity index (χ3n) is 4.48. The van der Waals surface area contributed by atoms with Gasteiger partial charge in [-0.2, -0.15) is 0 Å². The highest BCUT2D eigenvalue weighted by atomic mass is 16.4. The van der Waals surface area contributed by atoms with Crippen LogP contribution in [-0.2, 0) is 9.59 Å². The van der Waals surface area contributed by atoms with Gasteiger partial charge in [0, 0.05) is 30.9 Å². The van der Waals surface area contributed by atoms with Crippen molar-refractivity contribution in [3.8, 4) is 0 Å². The van der Waals surface area contributed by atoms with Crippen molar-refractivity contribution in [2.24, 2.45) is 17.8 Å². The molecular formula is C14H22NO3-. The van der Waals surface area contributed by atoms with Crippen LogP contribution in [-0.4, -0.2) is 29.9 Å². The van der Waals surface area contributed by atoms with E-state index in [-0.39, 0.29) is 11.8 Å². The lowest BCUT2D eigenvalue weighted by atomic mass is 9.78. The molecule has 0 aromatic carbocycles. The first-order valence-electron chi connectivity index (χ1n) is 7.09. The highest BCUT2D eigenvalue weighted by Gasteiger charge is 2.35. The number of carbonyl (C=O) groups excluding carboxylic acids is 2. The van der Waals surface area contributed by atoms with Gasteiger partial charge in [-0.1, -0.05) is 19.8 Å². The number of piperidine rings is 1. The van der Waals surface area contributed by atoms with Crippen molar-refractivity contribution in [3.05, 3.63) is 0 Å². The molecule has 1 saturated heterocycles. The molecule has 2 fully saturated rings. The SMILES string of the molecule is CC1CCN(C(=O)[C@H]2CCCC[C@@H]2C(=O)[O-])CC1. The summed E-state index contributed by atoms with van der Waals surface area (Å²) in [5.41, 5.74) is 0. The topological polar surface area (TPSA) is 60.4 Å². The van der Waals surface area contributed by atoms with Crippen LogP contribution in [0.25, 0.3) is 0 Å². The van der Waals surface area contributed by atoms with Crippen molar-refractivity contribution in [2.45, 2.75) is 45.4 Å². The van der Waals surface area contributed by atoms with Gasteiger partial charge in [0.15, 0.2) is 0 Å². The predicted octanol–water partition coefficient (Wildman–Crippen LogP) is 0.801. The highest BCUT2D eigenvalue weighted by molar-refractivity contribution is 5.84. The summed E-state index contributed by atoms with van der Waals surface area (Å²) in [5, 5.41) is 11.1. The molecule has 18 heavy (non-hydrogen) atoms. The molecule has 2 rings (SSSR count). The summed E-state index contributed by atoms with van der Waals surface area (Å²) < 4.78 is 0. The van der Waals surface area contributed by atoms with Gasteiger partial charge in [-0.3, -0.25) is 4.79 Å². The number of carbonyl (C=O) groups is 2. The third-order valence-corrected chi connectivity index (χ3v) is 4.48. The van der Waals surface area contributed by atoms with E-state index < -0.39 is 11.9 Å². The van der Waals surface area contributed by atoms with Crippen molar-refractivity contribution >= 4 is 11.9 Å². The van der Waals surface area contributed by atoms with Crippen LogP contribution in [0.3, 0.4) is 0 Å². The molecule has 0 unspecified atom stereocenters. The number of likely N-dealkylation sites (tertiary alicyclic amines) is 1. The Morgan fingerprint density at radius 1 is 1.00 bits per heavy atom. The predicted molar refractivity (Wildman–Crippen MR) is 65.4 cm³/mol. The van der Waals surface area contributed by atoms with E-state index in [1.165, 1.54) is 0 Å². The largest absolute Gasteiger partial charge is 0.550 e. The number of rotatable bonds is 2. The molecule has 0 bridgehead atoms. The Hall–Kier alpha value is -1.06. The fourth-order valence-electron chi connectivity index (χ4n) is 3.17. The molecule has 2 atom stereocenters. The highest BCUT2D eigenvalue weighted by Crippen LogP contribution is 2.32. The average Bonchev–Trinajstić information content (AvgIpc) is 2.39. The van der Waals surface area contributed by atoms with Gasteiger partial charge in [0.25, 0.3) is 0 Å². The van der Waals surface area contributed by atoms with Crippen molar-refractivity contribution in [3.63, 3.8) is 0 Å².